The Morgan fingerprint density at radius 2 is 1.93 bits per heavy atom. The number of fused-ring (bicyclic) bond motifs is 3. The van der Waals surface area contributed by atoms with E-state index < -0.39 is 23.9 Å². The Hall–Kier alpha value is -1.72. The minimum atomic E-state index is -1.12. The molecule has 2 bridgehead atoms. The molecule has 5 fully saturated rings. The van der Waals surface area contributed by atoms with Gasteiger partial charge in [-0.2, -0.15) is 5.26 Å². The number of carbonyl (C=O) groups is 2. The average molecular weight is 407 g/mol. The van der Waals surface area contributed by atoms with E-state index >= 15 is 0 Å². The fraction of sp³-hybridized carbons (Fsp3) is 0.857. The van der Waals surface area contributed by atoms with Gasteiger partial charge in [0.1, 0.15) is 12.2 Å². The number of alkyl halides is 1. The van der Waals surface area contributed by atoms with Crippen LogP contribution in [0.3, 0.4) is 0 Å². The molecule has 0 aromatic carbocycles. The largest absolute Gasteiger partial charge is 0.435 e. The SMILES string of the molecule is N#CC1CC(F)CN1C(=O)CNC12CCC(C(=O)OC3CCCCO3)(CC1)CC2. The van der Waals surface area contributed by atoms with Gasteiger partial charge in [0.15, 0.2) is 0 Å². The highest BCUT2D eigenvalue weighted by molar-refractivity contribution is 5.80. The zero-order chi connectivity index (χ0) is 20.5. The Bertz CT molecular complexity index is 663. The Balaban J connectivity index is 1.29. The van der Waals surface area contributed by atoms with E-state index in [1.807, 2.05) is 6.07 Å². The molecule has 7 nitrogen and oxygen atoms in total. The molecule has 3 saturated carbocycles. The van der Waals surface area contributed by atoms with Gasteiger partial charge in [0.25, 0.3) is 0 Å². The molecular formula is C21H30FN3O4. The first-order valence-corrected chi connectivity index (χ1v) is 10.9. The second kappa shape index (κ2) is 8.19. The summed E-state index contributed by atoms with van der Waals surface area (Å²) in [5.41, 5.74) is -0.577. The molecule has 1 amide bonds. The van der Waals surface area contributed by atoms with Gasteiger partial charge in [-0.1, -0.05) is 0 Å². The molecule has 2 saturated heterocycles. The van der Waals surface area contributed by atoms with E-state index in [2.05, 4.69) is 5.32 Å². The summed E-state index contributed by atoms with van der Waals surface area (Å²) in [5, 5.41) is 12.5. The number of amides is 1. The van der Waals surface area contributed by atoms with E-state index in [1.54, 1.807) is 0 Å². The van der Waals surface area contributed by atoms with E-state index in [9.17, 15) is 14.0 Å². The molecule has 5 aliphatic rings. The van der Waals surface area contributed by atoms with Gasteiger partial charge in [0.05, 0.1) is 31.2 Å². The zero-order valence-electron chi connectivity index (χ0n) is 16.8. The van der Waals surface area contributed by atoms with Crippen LogP contribution in [0.5, 0.6) is 0 Å². The molecule has 3 atom stereocenters. The van der Waals surface area contributed by atoms with Gasteiger partial charge in [0, 0.05) is 18.4 Å². The van der Waals surface area contributed by atoms with Crippen molar-refractivity contribution in [2.24, 2.45) is 5.41 Å². The van der Waals surface area contributed by atoms with Crippen molar-refractivity contribution < 1.29 is 23.5 Å². The number of nitrogens with one attached hydrogen (secondary N) is 1. The molecule has 0 aromatic rings. The fourth-order valence-corrected chi connectivity index (χ4v) is 5.35. The summed E-state index contributed by atoms with van der Waals surface area (Å²) >= 11 is 0. The maximum Gasteiger partial charge on any atom is 0.314 e. The van der Waals surface area contributed by atoms with Gasteiger partial charge in [-0.15, -0.1) is 0 Å². The molecule has 3 aliphatic carbocycles. The zero-order valence-corrected chi connectivity index (χ0v) is 16.8. The molecule has 8 heteroatoms. The molecule has 3 unspecified atom stereocenters. The minimum Gasteiger partial charge on any atom is -0.435 e. The maximum atomic E-state index is 13.6. The summed E-state index contributed by atoms with van der Waals surface area (Å²) in [7, 11) is 0. The van der Waals surface area contributed by atoms with Crippen LogP contribution in [0.25, 0.3) is 0 Å². The fourth-order valence-electron chi connectivity index (χ4n) is 5.35. The van der Waals surface area contributed by atoms with Crippen molar-refractivity contribution in [1.29, 1.82) is 5.26 Å². The Morgan fingerprint density at radius 3 is 2.55 bits per heavy atom. The Kier molecular flexibility index (Phi) is 5.80. The van der Waals surface area contributed by atoms with Crippen molar-refractivity contribution in [3.8, 4) is 6.07 Å². The first-order chi connectivity index (χ1) is 14.0. The number of hydrogen-bond donors (Lipinski definition) is 1. The van der Waals surface area contributed by atoms with Crippen molar-refractivity contribution in [3.63, 3.8) is 0 Å². The van der Waals surface area contributed by atoms with Crippen LogP contribution in [0.2, 0.25) is 0 Å². The second-order valence-corrected chi connectivity index (χ2v) is 9.14. The summed E-state index contributed by atoms with van der Waals surface area (Å²) in [6.45, 7) is 0.765. The van der Waals surface area contributed by atoms with Crippen molar-refractivity contribution in [1.82, 2.24) is 10.2 Å². The maximum absolute atomic E-state index is 13.6. The summed E-state index contributed by atoms with van der Waals surface area (Å²) in [6, 6.07) is 1.35. The molecule has 0 spiro atoms. The second-order valence-electron chi connectivity index (χ2n) is 9.14. The van der Waals surface area contributed by atoms with Crippen molar-refractivity contribution in [2.45, 2.75) is 88.3 Å². The Morgan fingerprint density at radius 1 is 1.21 bits per heavy atom. The number of carbonyl (C=O) groups excluding carboxylic acids is 2. The van der Waals surface area contributed by atoms with Crippen LogP contribution in [0, 0.1) is 16.7 Å². The topological polar surface area (TPSA) is 91.7 Å². The summed E-state index contributed by atoms with van der Waals surface area (Å²) < 4.78 is 24.8. The van der Waals surface area contributed by atoms with Gasteiger partial charge < -0.3 is 19.7 Å². The highest BCUT2D eigenvalue weighted by Crippen LogP contribution is 2.53. The van der Waals surface area contributed by atoms with Crippen LogP contribution >= 0.6 is 0 Å². The lowest BCUT2D eigenvalue weighted by Crippen LogP contribution is -2.59. The van der Waals surface area contributed by atoms with Gasteiger partial charge in [-0.3, -0.25) is 9.59 Å². The van der Waals surface area contributed by atoms with E-state index in [0.717, 1.165) is 57.8 Å². The van der Waals surface area contributed by atoms with Gasteiger partial charge in [0.2, 0.25) is 12.2 Å². The van der Waals surface area contributed by atoms with E-state index in [-0.39, 0.29) is 36.9 Å². The van der Waals surface area contributed by atoms with Gasteiger partial charge in [-0.05, 0) is 51.4 Å². The molecular weight excluding hydrogens is 377 g/mol. The average Bonchev–Trinajstić information content (AvgIpc) is 3.15. The number of ether oxygens (including phenoxy) is 2. The molecule has 2 aliphatic heterocycles. The lowest BCUT2D eigenvalue weighted by molar-refractivity contribution is -0.203. The first-order valence-electron chi connectivity index (χ1n) is 10.9. The third-order valence-corrected chi connectivity index (χ3v) is 7.39. The standard InChI is InChI=1S/C21H30FN3O4/c22-15-11-16(12-23)25(14-15)17(26)13-24-21-7-4-20(5-8-21,6-9-21)19(27)29-18-3-1-2-10-28-18/h15-16,18,24H,1-11,13-14H2. The minimum absolute atomic E-state index is 0.00390. The number of nitrogens with zero attached hydrogens (tertiary/aromatic N) is 2. The number of esters is 1. The third-order valence-electron chi connectivity index (χ3n) is 7.39. The third kappa shape index (κ3) is 4.13. The Labute approximate surface area is 170 Å². The number of nitriles is 1. The summed E-state index contributed by atoms with van der Waals surface area (Å²) in [4.78, 5) is 26.7. The highest BCUT2D eigenvalue weighted by Gasteiger charge is 2.53. The molecule has 0 aromatic heterocycles. The number of rotatable bonds is 5. The monoisotopic (exact) mass is 407 g/mol. The smallest absolute Gasteiger partial charge is 0.314 e. The highest BCUT2D eigenvalue weighted by atomic mass is 19.1. The van der Waals surface area contributed by atoms with Crippen LogP contribution in [0.1, 0.15) is 64.2 Å². The van der Waals surface area contributed by atoms with Crippen LogP contribution in [-0.4, -0.2) is 60.5 Å². The lowest BCUT2D eigenvalue weighted by atomic mass is 9.57. The predicted octanol–water partition coefficient (Wildman–Crippen LogP) is 2.20. The van der Waals surface area contributed by atoms with Gasteiger partial charge >= 0.3 is 5.97 Å². The quantitative estimate of drug-likeness (QED) is 0.703. The number of hydrogen-bond acceptors (Lipinski definition) is 6. The molecule has 1 N–H and O–H groups in total. The first kappa shape index (κ1) is 20.5. The molecule has 0 radical (unpaired) electrons. The van der Waals surface area contributed by atoms with Crippen LogP contribution < -0.4 is 5.32 Å². The predicted molar refractivity (Wildman–Crippen MR) is 101 cm³/mol. The molecule has 5 rings (SSSR count). The van der Waals surface area contributed by atoms with Crippen LogP contribution in [-0.2, 0) is 19.1 Å². The van der Waals surface area contributed by atoms with E-state index in [4.69, 9.17) is 14.7 Å². The van der Waals surface area contributed by atoms with Crippen LogP contribution in [0.4, 0.5) is 4.39 Å². The van der Waals surface area contributed by atoms with Crippen molar-refractivity contribution >= 4 is 11.9 Å². The van der Waals surface area contributed by atoms with E-state index in [0.29, 0.717) is 6.61 Å². The van der Waals surface area contributed by atoms with Crippen LogP contribution in [0.15, 0.2) is 0 Å². The number of halogens is 1. The van der Waals surface area contributed by atoms with Crippen molar-refractivity contribution in [2.75, 3.05) is 19.7 Å². The van der Waals surface area contributed by atoms with Crippen molar-refractivity contribution in [3.05, 3.63) is 0 Å². The summed E-state index contributed by atoms with van der Waals surface area (Å²) in [5.74, 6) is -0.348. The van der Waals surface area contributed by atoms with E-state index in [1.165, 1.54) is 4.90 Å². The molecule has 2 heterocycles. The lowest BCUT2D eigenvalue weighted by Gasteiger charge is -2.52. The molecule has 29 heavy (non-hydrogen) atoms. The normalized spacial score (nSPS) is 39.2. The van der Waals surface area contributed by atoms with Gasteiger partial charge in [-0.25, -0.2) is 4.39 Å². The summed E-state index contributed by atoms with van der Waals surface area (Å²) in [6.07, 6.45) is 6.08. The molecule has 160 valence electrons. The number of likely N-dealkylation sites (tertiary alicyclic amines) is 1.